The number of aryl methyl sites for hydroxylation is 1. The van der Waals surface area contributed by atoms with Crippen LogP contribution in [0.5, 0.6) is 0 Å². The Kier molecular flexibility index (Phi) is 3.92. The normalized spacial score (nSPS) is 18.0. The maximum atomic E-state index is 13.2. The first-order valence-electron chi connectivity index (χ1n) is 7.27. The van der Waals surface area contributed by atoms with E-state index in [1.165, 1.54) is 18.3 Å². The van der Waals surface area contributed by atoms with Crippen LogP contribution in [-0.4, -0.2) is 33.9 Å². The minimum Gasteiger partial charge on any atom is -0.338 e. The molecule has 3 rings (SSSR count). The highest BCUT2D eigenvalue weighted by Gasteiger charge is 2.28. The molecule has 1 fully saturated rings. The quantitative estimate of drug-likeness (QED) is 0.948. The van der Waals surface area contributed by atoms with Crippen LogP contribution in [0.4, 0.5) is 8.78 Å². The number of carbonyl (C=O) groups is 1. The first-order valence-corrected chi connectivity index (χ1v) is 7.27. The molecule has 0 bridgehead atoms. The van der Waals surface area contributed by atoms with E-state index in [-0.39, 0.29) is 11.8 Å². The number of amides is 1. The summed E-state index contributed by atoms with van der Waals surface area (Å²) >= 11 is 0. The zero-order chi connectivity index (χ0) is 15.7. The summed E-state index contributed by atoms with van der Waals surface area (Å²) in [5, 5.41) is 0. The number of rotatable bonds is 3. The van der Waals surface area contributed by atoms with Gasteiger partial charge in [0, 0.05) is 19.2 Å². The number of nitrogens with one attached hydrogen (secondary N) is 1. The van der Waals surface area contributed by atoms with E-state index in [0.29, 0.717) is 36.6 Å². The van der Waals surface area contributed by atoms with Crippen LogP contribution in [0.2, 0.25) is 0 Å². The third-order valence-electron chi connectivity index (χ3n) is 3.95. The van der Waals surface area contributed by atoms with Gasteiger partial charge in [0.2, 0.25) is 0 Å². The molecule has 1 saturated heterocycles. The summed E-state index contributed by atoms with van der Waals surface area (Å²) in [6.45, 7) is 3.04. The molecule has 1 aliphatic heterocycles. The minimum absolute atomic E-state index is 0.0754. The van der Waals surface area contributed by atoms with Crippen LogP contribution in [-0.2, 0) is 6.42 Å². The van der Waals surface area contributed by atoms with Crippen molar-refractivity contribution < 1.29 is 13.6 Å². The smallest absolute Gasteiger partial charge is 0.271 e. The van der Waals surface area contributed by atoms with Crippen LogP contribution < -0.4 is 0 Å². The second kappa shape index (κ2) is 5.87. The van der Waals surface area contributed by atoms with E-state index in [9.17, 15) is 13.6 Å². The zero-order valence-corrected chi connectivity index (χ0v) is 12.3. The monoisotopic (exact) mass is 305 g/mol. The maximum absolute atomic E-state index is 13.2. The van der Waals surface area contributed by atoms with Crippen LogP contribution in [0.3, 0.4) is 0 Å². The second-order valence-electron chi connectivity index (χ2n) is 5.77. The van der Waals surface area contributed by atoms with E-state index in [1.54, 1.807) is 11.8 Å². The lowest BCUT2D eigenvalue weighted by Gasteiger charge is -2.15. The first kappa shape index (κ1) is 14.7. The van der Waals surface area contributed by atoms with Crippen LogP contribution in [0.1, 0.15) is 28.3 Å². The van der Waals surface area contributed by atoms with Gasteiger partial charge in [-0.3, -0.25) is 4.79 Å². The number of hydrogen-bond donors (Lipinski definition) is 1. The van der Waals surface area contributed by atoms with E-state index in [1.807, 2.05) is 0 Å². The molecule has 1 aromatic heterocycles. The number of aromatic nitrogens is 2. The Balaban J connectivity index is 1.63. The summed E-state index contributed by atoms with van der Waals surface area (Å²) in [5.74, 6) is -0.278. The van der Waals surface area contributed by atoms with Gasteiger partial charge in [0.25, 0.3) is 5.91 Å². The number of halogens is 2. The summed E-state index contributed by atoms with van der Waals surface area (Å²) in [4.78, 5) is 21.0. The molecule has 2 aromatic rings. The van der Waals surface area contributed by atoms with Gasteiger partial charge in [-0.05, 0) is 43.4 Å². The Morgan fingerprint density at radius 3 is 2.73 bits per heavy atom. The van der Waals surface area contributed by atoms with Crippen molar-refractivity contribution in [3.63, 3.8) is 0 Å². The highest BCUT2D eigenvalue weighted by Crippen LogP contribution is 2.23. The van der Waals surface area contributed by atoms with E-state index in [4.69, 9.17) is 0 Å². The molecule has 0 radical (unpaired) electrons. The summed E-state index contributed by atoms with van der Waals surface area (Å²) in [7, 11) is 0. The Bertz CT molecular complexity index is 678. The number of benzene rings is 1. The van der Waals surface area contributed by atoms with Gasteiger partial charge in [0.15, 0.2) is 0 Å². The lowest BCUT2D eigenvalue weighted by Crippen LogP contribution is -2.29. The van der Waals surface area contributed by atoms with Crippen molar-refractivity contribution in [1.29, 1.82) is 0 Å². The van der Waals surface area contributed by atoms with Gasteiger partial charge in [0.1, 0.15) is 23.2 Å². The predicted octanol–water partition coefficient (Wildman–Crippen LogP) is 2.70. The number of imidazole rings is 1. The van der Waals surface area contributed by atoms with E-state index < -0.39 is 11.6 Å². The fourth-order valence-corrected chi connectivity index (χ4v) is 2.95. The van der Waals surface area contributed by atoms with Gasteiger partial charge in [-0.2, -0.15) is 0 Å². The summed E-state index contributed by atoms with van der Waals surface area (Å²) in [6.07, 6.45) is 2.93. The molecule has 1 unspecified atom stereocenters. The van der Waals surface area contributed by atoms with Crippen LogP contribution >= 0.6 is 0 Å². The van der Waals surface area contributed by atoms with Crippen molar-refractivity contribution >= 4 is 5.91 Å². The molecular weight excluding hydrogens is 288 g/mol. The van der Waals surface area contributed by atoms with Gasteiger partial charge < -0.3 is 9.88 Å². The Morgan fingerprint density at radius 1 is 1.36 bits per heavy atom. The zero-order valence-electron chi connectivity index (χ0n) is 12.3. The molecule has 0 aliphatic carbocycles. The maximum Gasteiger partial charge on any atom is 0.271 e. The molecule has 6 heteroatoms. The van der Waals surface area contributed by atoms with Crippen molar-refractivity contribution in [3.05, 3.63) is 53.1 Å². The minimum atomic E-state index is -0.561. The van der Waals surface area contributed by atoms with Gasteiger partial charge >= 0.3 is 0 Å². The van der Waals surface area contributed by atoms with Crippen molar-refractivity contribution in [1.82, 2.24) is 14.9 Å². The first-order chi connectivity index (χ1) is 10.5. The highest BCUT2D eigenvalue weighted by molar-refractivity contribution is 5.92. The second-order valence-corrected chi connectivity index (χ2v) is 5.77. The molecule has 0 spiro atoms. The van der Waals surface area contributed by atoms with Gasteiger partial charge in [0.05, 0.1) is 6.20 Å². The largest absolute Gasteiger partial charge is 0.338 e. The molecule has 4 nitrogen and oxygen atoms in total. The van der Waals surface area contributed by atoms with Crippen LogP contribution in [0, 0.1) is 24.5 Å². The van der Waals surface area contributed by atoms with Gasteiger partial charge in [-0.25, -0.2) is 13.8 Å². The molecule has 1 aromatic carbocycles. The fraction of sp³-hybridized carbons (Fsp3) is 0.375. The van der Waals surface area contributed by atoms with E-state index in [0.717, 1.165) is 12.5 Å². The van der Waals surface area contributed by atoms with Crippen molar-refractivity contribution in [2.24, 2.45) is 5.92 Å². The standard InChI is InChI=1S/C16H17F2N3O/c1-10-19-8-15(20-10)16(22)21-3-2-11(9-21)4-12-5-13(17)7-14(18)6-12/h5-8,11H,2-4,9H2,1H3,(H,19,20). The average Bonchev–Trinajstić information content (AvgIpc) is 3.06. The highest BCUT2D eigenvalue weighted by atomic mass is 19.1. The van der Waals surface area contributed by atoms with Gasteiger partial charge in [-0.15, -0.1) is 0 Å². The molecule has 22 heavy (non-hydrogen) atoms. The number of hydrogen-bond acceptors (Lipinski definition) is 2. The number of carbonyl (C=O) groups excluding carboxylic acids is 1. The molecule has 1 N–H and O–H groups in total. The Hall–Kier alpha value is -2.24. The van der Waals surface area contributed by atoms with Crippen molar-refractivity contribution in [2.75, 3.05) is 13.1 Å². The SMILES string of the molecule is Cc1ncc(C(=O)N2CCC(Cc3cc(F)cc(F)c3)C2)[nH]1. The van der Waals surface area contributed by atoms with E-state index >= 15 is 0 Å². The third-order valence-corrected chi connectivity index (χ3v) is 3.95. The topological polar surface area (TPSA) is 49.0 Å². The molecule has 0 saturated carbocycles. The predicted molar refractivity (Wildman–Crippen MR) is 77.4 cm³/mol. The molecular formula is C16H17F2N3O. The lowest BCUT2D eigenvalue weighted by atomic mass is 9.98. The molecule has 2 heterocycles. The van der Waals surface area contributed by atoms with Crippen molar-refractivity contribution in [3.8, 4) is 0 Å². The third kappa shape index (κ3) is 3.16. The average molecular weight is 305 g/mol. The van der Waals surface area contributed by atoms with E-state index in [2.05, 4.69) is 9.97 Å². The number of nitrogens with zero attached hydrogens (tertiary/aromatic N) is 2. The Labute approximate surface area is 127 Å². The summed E-state index contributed by atoms with van der Waals surface area (Å²) < 4.78 is 26.4. The van der Waals surface area contributed by atoms with Crippen LogP contribution in [0.15, 0.2) is 24.4 Å². The van der Waals surface area contributed by atoms with Crippen LogP contribution in [0.25, 0.3) is 0 Å². The molecule has 1 aliphatic rings. The number of H-pyrrole nitrogens is 1. The molecule has 116 valence electrons. The van der Waals surface area contributed by atoms with Crippen molar-refractivity contribution in [2.45, 2.75) is 19.8 Å². The molecule has 1 amide bonds. The number of likely N-dealkylation sites (tertiary alicyclic amines) is 1. The summed E-state index contributed by atoms with van der Waals surface area (Å²) in [5.41, 5.74) is 1.11. The van der Waals surface area contributed by atoms with Gasteiger partial charge in [-0.1, -0.05) is 0 Å². The summed E-state index contributed by atoms with van der Waals surface area (Å²) in [6, 6.07) is 3.58. The lowest BCUT2D eigenvalue weighted by molar-refractivity contribution is 0.0781. The molecule has 1 atom stereocenters. The fourth-order valence-electron chi connectivity index (χ4n) is 2.95. The number of aromatic amines is 1. The Morgan fingerprint density at radius 2 is 2.09 bits per heavy atom.